The second kappa shape index (κ2) is 7.42. The van der Waals surface area contributed by atoms with E-state index in [0.29, 0.717) is 4.88 Å². The summed E-state index contributed by atoms with van der Waals surface area (Å²) in [6.07, 6.45) is 0. The summed E-state index contributed by atoms with van der Waals surface area (Å²) in [5.74, 6) is -2.04. The Labute approximate surface area is 177 Å². The van der Waals surface area contributed by atoms with Crippen LogP contribution in [0.25, 0.3) is 10.4 Å². The molecule has 7 nitrogen and oxygen atoms in total. The van der Waals surface area contributed by atoms with Crippen molar-refractivity contribution in [2.24, 2.45) is 11.1 Å². The topological polar surface area (TPSA) is 113 Å². The van der Waals surface area contributed by atoms with Gasteiger partial charge >= 0.3 is 5.97 Å². The Morgan fingerprint density at radius 3 is 2.33 bits per heavy atom. The Balaban J connectivity index is 1.63. The molecule has 1 aromatic heterocycles. The Morgan fingerprint density at radius 1 is 1.07 bits per heavy atom. The van der Waals surface area contributed by atoms with E-state index in [2.05, 4.69) is 9.90 Å². The van der Waals surface area contributed by atoms with Gasteiger partial charge in [-0.25, -0.2) is 8.42 Å². The molecule has 0 saturated heterocycles. The summed E-state index contributed by atoms with van der Waals surface area (Å²) in [6.45, 7) is 1.73. The first-order valence-corrected chi connectivity index (χ1v) is 11.5. The number of hydrogen-bond acceptors (Lipinski definition) is 6. The monoisotopic (exact) mass is 442 g/mol. The van der Waals surface area contributed by atoms with Crippen molar-refractivity contribution in [2.45, 2.75) is 22.6 Å². The molecule has 0 radical (unpaired) electrons. The number of carboxylic acids is 1. The number of carbonyl (C=O) groups is 1. The summed E-state index contributed by atoms with van der Waals surface area (Å²) in [5.41, 5.74) is 0.222. The maximum Gasteiger partial charge on any atom is 0.325 e. The molecule has 1 aliphatic carbocycles. The van der Waals surface area contributed by atoms with Crippen molar-refractivity contribution >= 4 is 33.0 Å². The molecule has 0 aliphatic heterocycles. The molecule has 3 aromatic rings. The van der Waals surface area contributed by atoms with E-state index in [1.54, 1.807) is 61.5 Å². The standard InChI is InChI=1S/C21H18N2O5S2/c1-13-19(15-5-3-2-4-6-15)21(13,20(24)25)23-30(27,28)18-12-11-17(29-18)14-7-9-16(22-26)10-8-14/h2-13,19,23H,1H3,(H,24,25)/t13-,19+,21-/m0/s1. The van der Waals surface area contributed by atoms with E-state index in [1.807, 2.05) is 6.07 Å². The molecular formula is C21H18N2O5S2. The number of rotatable bonds is 7. The average molecular weight is 443 g/mol. The van der Waals surface area contributed by atoms with E-state index < -0.39 is 33.4 Å². The number of aliphatic carboxylic acids is 1. The van der Waals surface area contributed by atoms with Crippen LogP contribution in [0.1, 0.15) is 18.4 Å². The van der Waals surface area contributed by atoms with E-state index >= 15 is 0 Å². The highest BCUT2D eigenvalue weighted by atomic mass is 32.2. The normalized spacial score (nSPS) is 23.1. The van der Waals surface area contributed by atoms with Crippen LogP contribution >= 0.6 is 11.3 Å². The van der Waals surface area contributed by atoms with Crippen LogP contribution in [0.15, 0.2) is 76.1 Å². The number of hydrogen-bond donors (Lipinski definition) is 2. The predicted octanol–water partition coefficient (Wildman–Crippen LogP) is 4.35. The summed E-state index contributed by atoms with van der Waals surface area (Å²) in [6, 6.07) is 18.6. The molecule has 1 saturated carbocycles. The van der Waals surface area contributed by atoms with Crippen LogP contribution in [0.5, 0.6) is 0 Å². The first-order chi connectivity index (χ1) is 14.3. The highest BCUT2D eigenvalue weighted by Gasteiger charge is 2.70. The lowest BCUT2D eigenvalue weighted by Gasteiger charge is -2.15. The lowest BCUT2D eigenvalue weighted by Crippen LogP contribution is -2.45. The highest BCUT2D eigenvalue weighted by Crippen LogP contribution is 2.58. The summed E-state index contributed by atoms with van der Waals surface area (Å²) >= 11 is 1.03. The van der Waals surface area contributed by atoms with Gasteiger partial charge in [-0.2, -0.15) is 4.72 Å². The van der Waals surface area contributed by atoms with Crippen molar-refractivity contribution in [3.8, 4) is 10.4 Å². The van der Waals surface area contributed by atoms with Crippen molar-refractivity contribution < 1.29 is 18.3 Å². The van der Waals surface area contributed by atoms with Crippen LogP contribution in [0.2, 0.25) is 0 Å². The molecule has 3 atom stereocenters. The lowest BCUT2D eigenvalue weighted by atomic mass is 10.1. The quantitative estimate of drug-likeness (QED) is 0.528. The minimum atomic E-state index is -4.06. The third-order valence-corrected chi connectivity index (χ3v) is 8.63. The van der Waals surface area contributed by atoms with Gasteiger partial charge < -0.3 is 5.11 Å². The molecule has 1 aliphatic rings. The predicted molar refractivity (Wildman–Crippen MR) is 114 cm³/mol. The van der Waals surface area contributed by atoms with Crippen molar-refractivity contribution in [1.82, 2.24) is 4.72 Å². The Kier molecular flexibility index (Phi) is 5.05. The minimum Gasteiger partial charge on any atom is -0.480 e. The smallest absolute Gasteiger partial charge is 0.325 e. The Bertz CT molecular complexity index is 1210. The van der Waals surface area contributed by atoms with Gasteiger partial charge in [0.15, 0.2) is 0 Å². The molecular weight excluding hydrogens is 424 g/mol. The zero-order valence-electron chi connectivity index (χ0n) is 15.8. The molecule has 0 amide bonds. The third kappa shape index (κ3) is 3.34. The van der Waals surface area contributed by atoms with Crippen LogP contribution in [-0.4, -0.2) is 25.0 Å². The molecule has 30 heavy (non-hydrogen) atoms. The fourth-order valence-corrected chi connectivity index (χ4v) is 6.65. The number of nitroso groups, excluding NO2 is 1. The molecule has 4 rings (SSSR count). The molecule has 2 aromatic carbocycles. The van der Waals surface area contributed by atoms with Crippen molar-refractivity contribution in [3.63, 3.8) is 0 Å². The van der Waals surface area contributed by atoms with E-state index in [1.165, 1.54) is 6.07 Å². The molecule has 0 spiro atoms. The van der Waals surface area contributed by atoms with Crippen LogP contribution in [0.4, 0.5) is 5.69 Å². The van der Waals surface area contributed by atoms with Crippen molar-refractivity contribution in [3.05, 3.63) is 77.2 Å². The first kappa shape index (κ1) is 20.4. The number of sulfonamides is 1. The fourth-order valence-electron chi connectivity index (χ4n) is 3.88. The van der Waals surface area contributed by atoms with Gasteiger partial charge in [0.25, 0.3) is 10.0 Å². The van der Waals surface area contributed by atoms with Gasteiger partial charge in [-0.05, 0) is 46.5 Å². The van der Waals surface area contributed by atoms with Gasteiger partial charge in [0, 0.05) is 10.8 Å². The molecule has 0 unspecified atom stereocenters. The van der Waals surface area contributed by atoms with Crippen LogP contribution in [0, 0.1) is 10.8 Å². The van der Waals surface area contributed by atoms with Crippen LogP contribution in [0.3, 0.4) is 0 Å². The van der Waals surface area contributed by atoms with Gasteiger partial charge in [0.1, 0.15) is 15.4 Å². The van der Waals surface area contributed by atoms with Gasteiger partial charge in [0.2, 0.25) is 0 Å². The van der Waals surface area contributed by atoms with Crippen LogP contribution < -0.4 is 4.72 Å². The van der Waals surface area contributed by atoms with Gasteiger partial charge in [-0.3, -0.25) is 4.79 Å². The largest absolute Gasteiger partial charge is 0.480 e. The third-order valence-electron chi connectivity index (χ3n) is 5.52. The summed E-state index contributed by atoms with van der Waals surface area (Å²) in [7, 11) is -4.06. The van der Waals surface area contributed by atoms with Gasteiger partial charge in [-0.15, -0.1) is 16.2 Å². The number of nitrogens with one attached hydrogen (secondary N) is 1. The van der Waals surface area contributed by atoms with Crippen molar-refractivity contribution in [2.75, 3.05) is 0 Å². The second-order valence-corrected chi connectivity index (χ2v) is 10.2. The second-order valence-electron chi connectivity index (χ2n) is 7.21. The van der Waals surface area contributed by atoms with Crippen molar-refractivity contribution in [1.29, 1.82) is 0 Å². The van der Waals surface area contributed by atoms with E-state index in [4.69, 9.17) is 0 Å². The van der Waals surface area contributed by atoms with E-state index in [0.717, 1.165) is 22.5 Å². The number of nitrogens with zero attached hydrogens (tertiary/aromatic N) is 1. The number of benzene rings is 2. The van der Waals surface area contributed by atoms with Crippen LogP contribution in [-0.2, 0) is 14.8 Å². The lowest BCUT2D eigenvalue weighted by molar-refractivity contribution is -0.140. The van der Waals surface area contributed by atoms with E-state index in [-0.39, 0.29) is 9.90 Å². The Morgan fingerprint density at radius 2 is 1.73 bits per heavy atom. The summed E-state index contributed by atoms with van der Waals surface area (Å²) in [4.78, 5) is 23.4. The van der Waals surface area contributed by atoms with Gasteiger partial charge in [-0.1, -0.05) is 49.4 Å². The SMILES string of the molecule is C[C@H]1[C@H](c2ccccc2)[C@]1(NS(=O)(=O)c1ccc(-c2ccc(N=O)cc2)s1)C(=O)O. The summed E-state index contributed by atoms with van der Waals surface area (Å²) < 4.78 is 28.6. The molecule has 154 valence electrons. The highest BCUT2D eigenvalue weighted by molar-refractivity contribution is 7.91. The molecule has 0 bridgehead atoms. The zero-order chi connectivity index (χ0) is 21.5. The molecule has 2 N–H and O–H groups in total. The average Bonchev–Trinajstić information content (AvgIpc) is 3.09. The van der Waals surface area contributed by atoms with Gasteiger partial charge in [0.05, 0.1) is 0 Å². The number of thiophene rings is 1. The maximum absolute atomic E-state index is 13.0. The Hall–Kier alpha value is -2.88. The summed E-state index contributed by atoms with van der Waals surface area (Å²) in [5, 5.41) is 12.7. The molecule has 9 heteroatoms. The molecule has 1 fully saturated rings. The first-order valence-electron chi connectivity index (χ1n) is 9.15. The zero-order valence-corrected chi connectivity index (χ0v) is 17.5. The molecule has 1 heterocycles. The minimum absolute atomic E-state index is 0.0293. The number of carboxylic acid groups (broad SMARTS) is 1. The van der Waals surface area contributed by atoms with E-state index in [9.17, 15) is 23.2 Å². The fraction of sp³-hybridized carbons (Fsp3) is 0.190. The maximum atomic E-state index is 13.0.